The molecule has 3 heteroatoms. The zero-order valence-corrected chi connectivity index (χ0v) is 11.4. The van der Waals surface area contributed by atoms with Crippen LogP contribution in [0.25, 0.3) is 0 Å². The van der Waals surface area contributed by atoms with Crippen LogP contribution in [0.3, 0.4) is 0 Å². The Hall–Kier alpha value is -0.670. The number of ether oxygens (including phenoxy) is 1. The van der Waals surface area contributed by atoms with Gasteiger partial charge in [-0.05, 0) is 24.3 Å². The van der Waals surface area contributed by atoms with Crippen molar-refractivity contribution in [2.75, 3.05) is 6.61 Å². The van der Waals surface area contributed by atoms with Crippen molar-refractivity contribution in [3.8, 4) is 0 Å². The first-order valence-corrected chi connectivity index (χ1v) is 6.98. The normalized spacial score (nSPS) is 51.7. The number of hydrogen-bond donors (Lipinski definition) is 1. The van der Waals surface area contributed by atoms with E-state index in [1.54, 1.807) is 0 Å². The molecule has 3 rings (SSSR count). The molecule has 0 spiro atoms. The SMILES string of the molecule is C[C@@H]1CO[C@@]2(O)CCC3=CC(=O)C[C@H](C)[C@@]3(C)[C@@H]12. The molecule has 1 N–H and O–H groups in total. The number of aliphatic hydroxyl groups is 1. The zero-order chi connectivity index (χ0) is 13.1. The van der Waals surface area contributed by atoms with Gasteiger partial charge >= 0.3 is 0 Å². The van der Waals surface area contributed by atoms with E-state index < -0.39 is 5.79 Å². The van der Waals surface area contributed by atoms with Crippen molar-refractivity contribution in [3.05, 3.63) is 11.6 Å². The molecule has 0 unspecified atom stereocenters. The highest BCUT2D eigenvalue weighted by atomic mass is 16.6. The standard InChI is InChI=1S/C15H22O3/c1-9-8-18-15(17)5-4-11-7-12(16)6-10(2)14(11,3)13(9)15/h7,9-10,13,17H,4-6,8H2,1-3H3/t9-,10+,13-,14-,15+/m1/s1. The van der Waals surface area contributed by atoms with Crippen LogP contribution in [0.4, 0.5) is 0 Å². The van der Waals surface area contributed by atoms with Gasteiger partial charge in [-0.25, -0.2) is 0 Å². The Morgan fingerprint density at radius 3 is 2.89 bits per heavy atom. The summed E-state index contributed by atoms with van der Waals surface area (Å²) >= 11 is 0. The Labute approximate surface area is 108 Å². The summed E-state index contributed by atoms with van der Waals surface area (Å²) in [6.07, 6.45) is 3.85. The summed E-state index contributed by atoms with van der Waals surface area (Å²) in [6, 6.07) is 0. The monoisotopic (exact) mass is 250 g/mol. The van der Waals surface area contributed by atoms with Crippen LogP contribution < -0.4 is 0 Å². The third kappa shape index (κ3) is 1.41. The summed E-state index contributed by atoms with van der Waals surface area (Å²) in [4.78, 5) is 11.8. The summed E-state index contributed by atoms with van der Waals surface area (Å²) in [5.41, 5.74) is 1.15. The largest absolute Gasteiger partial charge is 0.365 e. The first kappa shape index (κ1) is 12.4. The van der Waals surface area contributed by atoms with Crippen LogP contribution in [0.5, 0.6) is 0 Å². The molecule has 1 aliphatic heterocycles. The van der Waals surface area contributed by atoms with Crippen molar-refractivity contribution in [1.82, 2.24) is 0 Å². The molecule has 0 aromatic heterocycles. The second kappa shape index (κ2) is 3.67. The minimum absolute atomic E-state index is 0.0865. The number of rotatable bonds is 0. The average molecular weight is 250 g/mol. The van der Waals surface area contributed by atoms with Crippen LogP contribution in [0.15, 0.2) is 11.6 Å². The van der Waals surface area contributed by atoms with Crippen LogP contribution in [-0.2, 0) is 9.53 Å². The fourth-order valence-corrected chi connectivity index (χ4v) is 4.59. The lowest BCUT2D eigenvalue weighted by Gasteiger charge is -2.53. The van der Waals surface area contributed by atoms with Crippen LogP contribution in [-0.4, -0.2) is 23.3 Å². The number of carbonyl (C=O) groups is 1. The maximum absolute atomic E-state index is 11.8. The fourth-order valence-electron chi connectivity index (χ4n) is 4.59. The van der Waals surface area contributed by atoms with Crippen molar-refractivity contribution >= 4 is 5.78 Å². The van der Waals surface area contributed by atoms with Gasteiger partial charge in [-0.1, -0.05) is 26.3 Å². The number of fused-ring (bicyclic) bond motifs is 3. The second-order valence-electron chi connectivity index (χ2n) is 6.63. The van der Waals surface area contributed by atoms with E-state index in [2.05, 4.69) is 20.8 Å². The summed E-state index contributed by atoms with van der Waals surface area (Å²) < 4.78 is 5.69. The third-order valence-electron chi connectivity index (χ3n) is 5.61. The van der Waals surface area contributed by atoms with Gasteiger partial charge in [-0.3, -0.25) is 4.79 Å². The van der Waals surface area contributed by atoms with Gasteiger partial charge in [0, 0.05) is 24.2 Å². The van der Waals surface area contributed by atoms with Crippen molar-refractivity contribution < 1.29 is 14.6 Å². The first-order valence-electron chi connectivity index (χ1n) is 6.98. The molecule has 1 saturated heterocycles. The van der Waals surface area contributed by atoms with Crippen LogP contribution in [0.1, 0.15) is 40.0 Å². The molecule has 3 aliphatic rings. The summed E-state index contributed by atoms with van der Waals surface area (Å²) in [5.74, 6) is 0.0191. The maximum Gasteiger partial charge on any atom is 0.169 e. The van der Waals surface area contributed by atoms with Gasteiger partial charge in [0.2, 0.25) is 0 Å². The summed E-state index contributed by atoms with van der Waals surface area (Å²) in [7, 11) is 0. The molecule has 0 bridgehead atoms. The second-order valence-corrected chi connectivity index (χ2v) is 6.63. The predicted octanol–water partition coefficient (Wildman–Crippen LogP) is 2.29. The molecule has 0 aromatic rings. The van der Waals surface area contributed by atoms with Crippen molar-refractivity contribution in [1.29, 1.82) is 0 Å². The number of ketones is 1. The van der Waals surface area contributed by atoms with Crippen LogP contribution in [0.2, 0.25) is 0 Å². The predicted molar refractivity (Wildman–Crippen MR) is 67.8 cm³/mol. The molecule has 0 aromatic carbocycles. The van der Waals surface area contributed by atoms with E-state index in [4.69, 9.17) is 4.74 Å². The van der Waals surface area contributed by atoms with E-state index >= 15 is 0 Å². The zero-order valence-electron chi connectivity index (χ0n) is 11.4. The Morgan fingerprint density at radius 2 is 2.17 bits per heavy atom. The Kier molecular flexibility index (Phi) is 2.52. The topological polar surface area (TPSA) is 46.5 Å². The molecule has 1 saturated carbocycles. The molecule has 2 fully saturated rings. The molecule has 0 radical (unpaired) electrons. The van der Waals surface area contributed by atoms with E-state index in [9.17, 15) is 9.90 Å². The van der Waals surface area contributed by atoms with Gasteiger partial charge in [-0.2, -0.15) is 0 Å². The van der Waals surface area contributed by atoms with Crippen LogP contribution in [0, 0.1) is 23.2 Å². The Morgan fingerprint density at radius 1 is 1.44 bits per heavy atom. The number of allylic oxidation sites excluding steroid dienone is 2. The van der Waals surface area contributed by atoms with E-state index in [1.165, 1.54) is 5.57 Å². The lowest BCUT2D eigenvalue weighted by molar-refractivity contribution is -0.231. The first-order chi connectivity index (χ1) is 8.38. The van der Waals surface area contributed by atoms with Crippen molar-refractivity contribution in [3.63, 3.8) is 0 Å². The summed E-state index contributed by atoms with van der Waals surface area (Å²) in [5, 5.41) is 10.7. The summed E-state index contributed by atoms with van der Waals surface area (Å²) in [6.45, 7) is 7.14. The lowest BCUT2D eigenvalue weighted by atomic mass is 9.52. The van der Waals surface area contributed by atoms with E-state index in [1.807, 2.05) is 6.08 Å². The molecule has 3 nitrogen and oxygen atoms in total. The van der Waals surface area contributed by atoms with E-state index in [0.717, 1.165) is 6.42 Å². The molecule has 2 aliphatic carbocycles. The molecular weight excluding hydrogens is 228 g/mol. The van der Waals surface area contributed by atoms with Gasteiger partial charge in [0.25, 0.3) is 0 Å². The fraction of sp³-hybridized carbons (Fsp3) is 0.800. The highest BCUT2D eigenvalue weighted by Crippen LogP contribution is 2.61. The van der Waals surface area contributed by atoms with E-state index in [0.29, 0.717) is 25.4 Å². The van der Waals surface area contributed by atoms with Gasteiger partial charge in [-0.15, -0.1) is 0 Å². The minimum Gasteiger partial charge on any atom is -0.365 e. The third-order valence-corrected chi connectivity index (χ3v) is 5.61. The maximum atomic E-state index is 11.8. The molecule has 5 atom stereocenters. The van der Waals surface area contributed by atoms with E-state index in [-0.39, 0.29) is 23.0 Å². The number of hydrogen-bond acceptors (Lipinski definition) is 3. The van der Waals surface area contributed by atoms with Gasteiger partial charge in [0.15, 0.2) is 11.6 Å². The smallest absolute Gasteiger partial charge is 0.169 e. The van der Waals surface area contributed by atoms with Crippen molar-refractivity contribution in [2.45, 2.75) is 45.8 Å². The highest BCUT2D eigenvalue weighted by Gasteiger charge is 2.61. The molecule has 18 heavy (non-hydrogen) atoms. The molecule has 1 heterocycles. The van der Waals surface area contributed by atoms with Crippen molar-refractivity contribution in [2.24, 2.45) is 23.2 Å². The van der Waals surface area contributed by atoms with Gasteiger partial charge < -0.3 is 9.84 Å². The molecular formula is C15H22O3. The van der Waals surface area contributed by atoms with Crippen LogP contribution >= 0.6 is 0 Å². The average Bonchev–Trinajstić information content (AvgIpc) is 2.59. The number of carbonyl (C=O) groups excluding carboxylic acids is 1. The molecule has 0 amide bonds. The quantitative estimate of drug-likeness (QED) is 0.717. The Bertz CT molecular complexity index is 427. The van der Waals surface area contributed by atoms with Gasteiger partial charge in [0.05, 0.1) is 6.61 Å². The minimum atomic E-state index is -0.972. The Balaban J connectivity index is 2.11. The highest BCUT2D eigenvalue weighted by molar-refractivity contribution is 5.92. The molecule has 100 valence electrons. The van der Waals surface area contributed by atoms with Gasteiger partial charge in [0.1, 0.15) is 0 Å². The lowest BCUT2D eigenvalue weighted by Crippen LogP contribution is -2.54.